The Bertz CT molecular complexity index is 575. The van der Waals surface area contributed by atoms with Crippen LogP contribution < -0.4 is 10.6 Å². The van der Waals surface area contributed by atoms with Crippen molar-refractivity contribution < 1.29 is 0 Å². The third-order valence-corrected chi connectivity index (χ3v) is 3.83. The Labute approximate surface area is 114 Å². The van der Waals surface area contributed by atoms with Crippen LogP contribution in [0.1, 0.15) is 32.6 Å². The lowest BCUT2D eigenvalue weighted by molar-refractivity contribution is 0.715. The molecule has 2 aromatic rings. The summed E-state index contributed by atoms with van der Waals surface area (Å²) in [4.78, 5) is 6.98. The smallest absolute Gasteiger partial charge is 0.0951 e. The van der Waals surface area contributed by atoms with Crippen molar-refractivity contribution in [3.05, 3.63) is 30.5 Å². The molecule has 0 spiro atoms. The van der Waals surface area contributed by atoms with Gasteiger partial charge in [0.15, 0.2) is 0 Å². The van der Waals surface area contributed by atoms with Crippen molar-refractivity contribution in [2.24, 2.45) is 0 Å². The number of benzene rings is 1. The van der Waals surface area contributed by atoms with Crippen LogP contribution in [0.4, 0.5) is 11.4 Å². The largest absolute Gasteiger partial charge is 0.397 e. The molecule has 1 saturated carbocycles. The van der Waals surface area contributed by atoms with Gasteiger partial charge in [0, 0.05) is 29.9 Å². The van der Waals surface area contributed by atoms with Crippen molar-refractivity contribution in [2.45, 2.75) is 38.6 Å². The molecular weight excluding hydrogens is 234 g/mol. The van der Waals surface area contributed by atoms with E-state index in [1.165, 1.54) is 36.8 Å². The predicted molar refractivity (Wildman–Crippen MR) is 81.4 cm³/mol. The molecule has 0 unspecified atom stereocenters. The van der Waals surface area contributed by atoms with Gasteiger partial charge in [-0.05, 0) is 31.4 Å². The highest BCUT2D eigenvalue weighted by atomic mass is 15.2. The van der Waals surface area contributed by atoms with Crippen LogP contribution >= 0.6 is 0 Å². The fourth-order valence-electron chi connectivity index (χ4n) is 2.65. The average molecular weight is 255 g/mol. The van der Waals surface area contributed by atoms with Crippen LogP contribution in [-0.2, 0) is 0 Å². The van der Waals surface area contributed by atoms with Crippen LogP contribution in [0.5, 0.6) is 0 Å². The second-order valence-electron chi connectivity index (χ2n) is 5.35. The summed E-state index contributed by atoms with van der Waals surface area (Å²) in [6.45, 7) is 3.38. The number of hydrogen-bond donors (Lipinski definition) is 1. The van der Waals surface area contributed by atoms with Crippen LogP contribution in [0.2, 0.25) is 0 Å². The predicted octanol–water partition coefficient (Wildman–Crippen LogP) is 3.59. The Morgan fingerprint density at radius 3 is 2.89 bits per heavy atom. The molecule has 1 heterocycles. The third kappa shape index (κ3) is 2.37. The van der Waals surface area contributed by atoms with E-state index in [1.807, 2.05) is 18.3 Å². The summed E-state index contributed by atoms with van der Waals surface area (Å²) >= 11 is 0. The number of unbranched alkanes of at least 4 members (excludes halogenated alkanes) is 1. The number of nitrogens with zero attached hydrogens (tertiary/aromatic N) is 2. The molecule has 1 aromatic carbocycles. The summed E-state index contributed by atoms with van der Waals surface area (Å²) in [6.07, 6.45) is 6.98. The molecule has 3 heteroatoms. The maximum Gasteiger partial charge on any atom is 0.0951 e. The summed E-state index contributed by atoms with van der Waals surface area (Å²) in [6, 6.07) is 8.93. The van der Waals surface area contributed by atoms with Gasteiger partial charge in [-0.1, -0.05) is 25.5 Å². The number of nitrogens with two attached hydrogens (primary N) is 1. The SMILES string of the molecule is CCCCN(c1ccnc2c(N)cccc12)C1CC1. The summed E-state index contributed by atoms with van der Waals surface area (Å²) in [5.41, 5.74) is 9.04. The highest BCUT2D eigenvalue weighted by molar-refractivity contribution is 5.98. The minimum Gasteiger partial charge on any atom is -0.397 e. The number of aromatic nitrogens is 1. The lowest BCUT2D eigenvalue weighted by Crippen LogP contribution is -2.27. The Hall–Kier alpha value is -1.77. The molecule has 0 aliphatic heterocycles. The first kappa shape index (κ1) is 12.3. The van der Waals surface area contributed by atoms with E-state index in [2.05, 4.69) is 28.9 Å². The third-order valence-electron chi connectivity index (χ3n) is 3.83. The monoisotopic (exact) mass is 255 g/mol. The highest BCUT2D eigenvalue weighted by Crippen LogP contribution is 2.36. The van der Waals surface area contributed by atoms with Crippen molar-refractivity contribution in [3.63, 3.8) is 0 Å². The molecule has 1 aliphatic carbocycles. The van der Waals surface area contributed by atoms with Crippen molar-refractivity contribution in [1.29, 1.82) is 0 Å². The fourth-order valence-corrected chi connectivity index (χ4v) is 2.65. The van der Waals surface area contributed by atoms with Gasteiger partial charge in [0.2, 0.25) is 0 Å². The topological polar surface area (TPSA) is 42.2 Å². The molecule has 1 aromatic heterocycles. The van der Waals surface area contributed by atoms with Gasteiger partial charge in [-0.2, -0.15) is 0 Å². The molecular formula is C16H21N3. The van der Waals surface area contributed by atoms with Gasteiger partial charge < -0.3 is 10.6 Å². The maximum atomic E-state index is 6.04. The number of hydrogen-bond acceptors (Lipinski definition) is 3. The minimum atomic E-state index is 0.721. The molecule has 2 N–H and O–H groups in total. The standard InChI is InChI=1S/C16H21N3/c1-2-3-11-19(12-7-8-12)15-9-10-18-16-13(15)5-4-6-14(16)17/h4-6,9-10,12H,2-3,7-8,11,17H2,1H3. The first-order valence-electron chi connectivity index (χ1n) is 7.21. The van der Waals surface area contributed by atoms with E-state index in [0.717, 1.165) is 23.8 Å². The Balaban J connectivity index is 2.04. The second kappa shape index (κ2) is 5.08. The lowest BCUT2D eigenvalue weighted by atomic mass is 10.1. The van der Waals surface area contributed by atoms with Crippen LogP contribution in [0.3, 0.4) is 0 Å². The first-order valence-corrected chi connectivity index (χ1v) is 7.21. The molecule has 19 heavy (non-hydrogen) atoms. The molecule has 0 radical (unpaired) electrons. The first-order chi connectivity index (χ1) is 9.31. The van der Waals surface area contributed by atoms with Crippen molar-refractivity contribution in [2.75, 3.05) is 17.2 Å². The van der Waals surface area contributed by atoms with Gasteiger partial charge in [-0.3, -0.25) is 4.98 Å². The van der Waals surface area contributed by atoms with E-state index in [-0.39, 0.29) is 0 Å². The summed E-state index contributed by atoms with van der Waals surface area (Å²) in [5, 5.41) is 1.19. The van der Waals surface area contributed by atoms with E-state index < -0.39 is 0 Å². The van der Waals surface area contributed by atoms with Crippen LogP contribution in [0.15, 0.2) is 30.5 Å². The minimum absolute atomic E-state index is 0.721. The van der Waals surface area contributed by atoms with Crippen LogP contribution in [0.25, 0.3) is 10.9 Å². The highest BCUT2D eigenvalue weighted by Gasteiger charge is 2.29. The van der Waals surface area contributed by atoms with Gasteiger partial charge in [-0.25, -0.2) is 0 Å². The number of para-hydroxylation sites is 1. The van der Waals surface area contributed by atoms with Gasteiger partial charge in [-0.15, -0.1) is 0 Å². The molecule has 100 valence electrons. The Kier molecular flexibility index (Phi) is 3.28. The van der Waals surface area contributed by atoms with Crippen LogP contribution in [0, 0.1) is 0 Å². The zero-order valence-electron chi connectivity index (χ0n) is 11.5. The van der Waals surface area contributed by atoms with Gasteiger partial charge >= 0.3 is 0 Å². The van der Waals surface area contributed by atoms with E-state index in [4.69, 9.17) is 5.73 Å². The number of pyridine rings is 1. The van der Waals surface area contributed by atoms with Crippen molar-refractivity contribution in [3.8, 4) is 0 Å². The van der Waals surface area contributed by atoms with Gasteiger partial charge in [0.05, 0.1) is 11.2 Å². The molecule has 3 rings (SSSR count). The molecule has 0 atom stereocenters. The summed E-state index contributed by atoms with van der Waals surface area (Å²) < 4.78 is 0. The second-order valence-corrected chi connectivity index (χ2v) is 5.35. The molecule has 3 nitrogen and oxygen atoms in total. The Morgan fingerprint density at radius 2 is 2.16 bits per heavy atom. The fraction of sp³-hybridized carbons (Fsp3) is 0.438. The molecule has 1 aliphatic rings. The number of anilines is 2. The van der Waals surface area contributed by atoms with Crippen LogP contribution in [-0.4, -0.2) is 17.6 Å². The quantitative estimate of drug-likeness (QED) is 0.830. The normalized spacial score (nSPS) is 14.8. The van der Waals surface area contributed by atoms with Crippen molar-refractivity contribution >= 4 is 22.3 Å². The zero-order valence-corrected chi connectivity index (χ0v) is 11.5. The number of fused-ring (bicyclic) bond motifs is 1. The van der Waals surface area contributed by atoms with E-state index >= 15 is 0 Å². The number of nitrogen functional groups attached to an aromatic ring is 1. The molecule has 0 bridgehead atoms. The summed E-state index contributed by atoms with van der Waals surface area (Å²) in [7, 11) is 0. The molecule has 0 amide bonds. The summed E-state index contributed by atoms with van der Waals surface area (Å²) in [5.74, 6) is 0. The zero-order chi connectivity index (χ0) is 13.2. The lowest BCUT2D eigenvalue weighted by Gasteiger charge is -2.26. The number of rotatable bonds is 5. The van der Waals surface area contributed by atoms with Crippen molar-refractivity contribution in [1.82, 2.24) is 4.98 Å². The average Bonchev–Trinajstić information content (AvgIpc) is 3.25. The van der Waals surface area contributed by atoms with Gasteiger partial charge in [0.25, 0.3) is 0 Å². The van der Waals surface area contributed by atoms with E-state index in [0.29, 0.717) is 0 Å². The van der Waals surface area contributed by atoms with Gasteiger partial charge in [0.1, 0.15) is 0 Å². The molecule has 0 saturated heterocycles. The maximum absolute atomic E-state index is 6.04. The molecule has 1 fully saturated rings. The van der Waals surface area contributed by atoms with E-state index in [1.54, 1.807) is 0 Å². The van der Waals surface area contributed by atoms with E-state index in [9.17, 15) is 0 Å². The Morgan fingerprint density at radius 1 is 1.32 bits per heavy atom.